The average molecular weight is 401 g/mol. The molecule has 3 rings (SSSR count). The van der Waals surface area contributed by atoms with Crippen molar-refractivity contribution < 1.29 is 4.42 Å². The van der Waals surface area contributed by atoms with Crippen LogP contribution in [0, 0.1) is 0 Å². The van der Waals surface area contributed by atoms with Crippen LogP contribution in [-0.2, 0) is 0 Å². The van der Waals surface area contributed by atoms with E-state index in [4.69, 9.17) is 10.2 Å². The van der Waals surface area contributed by atoms with Gasteiger partial charge in [-0.1, -0.05) is 0 Å². The highest BCUT2D eigenvalue weighted by molar-refractivity contribution is 9.11. The maximum absolute atomic E-state index is 5.71. The summed E-state index contributed by atoms with van der Waals surface area (Å²) >= 11 is 8.18. The first-order valence-corrected chi connectivity index (χ1v) is 7.67. The number of pyridine rings is 1. The van der Waals surface area contributed by atoms with Crippen LogP contribution in [0.2, 0.25) is 0 Å². The van der Waals surface area contributed by atoms with Crippen LogP contribution in [0.1, 0.15) is 0 Å². The molecule has 19 heavy (non-hydrogen) atoms. The fraction of sp³-hybridized carbons (Fsp3) is 0. The topological polar surface area (TPSA) is 64.9 Å². The van der Waals surface area contributed by atoms with Crippen LogP contribution in [0.5, 0.6) is 0 Å². The number of benzene rings is 1. The first-order valence-electron chi connectivity index (χ1n) is 5.27. The predicted octanol–water partition coefficient (Wildman–Crippen LogP) is 4.48. The summed E-state index contributed by atoms with van der Waals surface area (Å²) in [5.74, 6) is 0. The Morgan fingerprint density at radius 3 is 2.84 bits per heavy atom. The summed E-state index contributed by atoms with van der Waals surface area (Å²) in [6.07, 6.45) is 1.73. The lowest BCUT2D eigenvalue weighted by Crippen LogP contribution is -1.83. The smallest absolute Gasteiger partial charge is 0.263 e. The second-order valence-electron chi connectivity index (χ2n) is 3.75. The number of oxazole rings is 1. The molecule has 0 fully saturated rings. The summed E-state index contributed by atoms with van der Waals surface area (Å²) < 4.78 is 7.43. The molecule has 2 aromatic heterocycles. The van der Waals surface area contributed by atoms with Gasteiger partial charge in [-0.25, -0.2) is 9.97 Å². The Kier molecular flexibility index (Phi) is 3.51. The molecular weight excluding hydrogens is 394 g/mol. The summed E-state index contributed by atoms with van der Waals surface area (Å²) in [6.45, 7) is 0. The van der Waals surface area contributed by atoms with Crippen LogP contribution >= 0.6 is 43.6 Å². The molecule has 0 aliphatic carbocycles. The van der Waals surface area contributed by atoms with E-state index in [1.54, 1.807) is 18.3 Å². The largest absolute Gasteiger partial charge is 0.431 e. The Morgan fingerprint density at radius 2 is 2.05 bits per heavy atom. The van der Waals surface area contributed by atoms with Crippen molar-refractivity contribution in [1.29, 1.82) is 0 Å². The minimum atomic E-state index is 0.538. The molecule has 0 spiro atoms. The zero-order valence-electron chi connectivity index (χ0n) is 9.43. The first-order chi connectivity index (χ1) is 9.11. The summed E-state index contributed by atoms with van der Waals surface area (Å²) in [5.41, 5.74) is 7.84. The van der Waals surface area contributed by atoms with Gasteiger partial charge >= 0.3 is 0 Å². The van der Waals surface area contributed by atoms with Crippen molar-refractivity contribution in [2.45, 2.75) is 10.2 Å². The molecule has 2 heterocycles. The SMILES string of the molecule is Nc1ccc2oc(Sc3ncc(Br)cc3Br)nc2c1. The van der Waals surface area contributed by atoms with E-state index in [0.29, 0.717) is 16.5 Å². The number of aromatic nitrogens is 2. The number of halogens is 2. The maximum atomic E-state index is 5.71. The summed E-state index contributed by atoms with van der Waals surface area (Å²) in [7, 11) is 0. The minimum absolute atomic E-state index is 0.538. The average Bonchev–Trinajstić information content (AvgIpc) is 2.74. The third-order valence-electron chi connectivity index (χ3n) is 2.35. The third kappa shape index (κ3) is 2.77. The summed E-state index contributed by atoms with van der Waals surface area (Å²) in [5, 5.41) is 1.33. The third-order valence-corrected chi connectivity index (χ3v) is 4.52. The van der Waals surface area contributed by atoms with Crippen LogP contribution in [0.15, 0.2) is 54.1 Å². The molecule has 0 atom stereocenters. The summed E-state index contributed by atoms with van der Waals surface area (Å²) in [6, 6.07) is 7.31. The van der Waals surface area contributed by atoms with E-state index in [9.17, 15) is 0 Å². The van der Waals surface area contributed by atoms with Gasteiger partial charge in [0.15, 0.2) is 5.58 Å². The molecule has 0 aliphatic heterocycles. The van der Waals surface area contributed by atoms with Gasteiger partial charge in [-0.15, -0.1) is 0 Å². The van der Waals surface area contributed by atoms with Gasteiger partial charge in [0, 0.05) is 16.4 Å². The van der Waals surface area contributed by atoms with E-state index in [-0.39, 0.29) is 0 Å². The van der Waals surface area contributed by atoms with Crippen molar-refractivity contribution in [2.75, 3.05) is 5.73 Å². The van der Waals surface area contributed by atoms with E-state index in [1.807, 2.05) is 12.1 Å². The highest BCUT2D eigenvalue weighted by atomic mass is 79.9. The van der Waals surface area contributed by atoms with Gasteiger partial charge < -0.3 is 10.2 Å². The second-order valence-corrected chi connectivity index (χ2v) is 6.46. The molecule has 4 nitrogen and oxygen atoms in total. The zero-order valence-corrected chi connectivity index (χ0v) is 13.4. The van der Waals surface area contributed by atoms with E-state index in [0.717, 1.165) is 19.5 Å². The highest BCUT2D eigenvalue weighted by Gasteiger charge is 2.11. The number of nitrogens with zero attached hydrogens (tertiary/aromatic N) is 2. The van der Waals surface area contributed by atoms with Crippen molar-refractivity contribution in [2.24, 2.45) is 0 Å². The molecule has 0 saturated heterocycles. The monoisotopic (exact) mass is 399 g/mol. The lowest BCUT2D eigenvalue weighted by Gasteiger charge is -1.99. The van der Waals surface area contributed by atoms with Crippen molar-refractivity contribution >= 4 is 60.4 Å². The van der Waals surface area contributed by atoms with Crippen molar-refractivity contribution in [3.63, 3.8) is 0 Å². The zero-order chi connectivity index (χ0) is 13.4. The second kappa shape index (κ2) is 5.15. The fourth-order valence-electron chi connectivity index (χ4n) is 1.53. The minimum Gasteiger partial charge on any atom is -0.431 e. The van der Waals surface area contributed by atoms with Gasteiger partial charge in [0.2, 0.25) is 0 Å². The molecule has 2 N–H and O–H groups in total. The lowest BCUT2D eigenvalue weighted by molar-refractivity contribution is 0.489. The first kappa shape index (κ1) is 13.0. The van der Waals surface area contributed by atoms with Gasteiger partial charge in [-0.05, 0) is 67.9 Å². The molecule has 0 bridgehead atoms. The Hall–Kier alpha value is -1.05. The van der Waals surface area contributed by atoms with Crippen LogP contribution in [0.4, 0.5) is 5.69 Å². The molecule has 96 valence electrons. The Labute approximate surface area is 130 Å². The number of hydrogen-bond acceptors (Lipinski definition) is 5. The van der Waals surface area contributed by atoms with E-state index in [2.05, 4.69) is 41.8 Å². The normalized spacial score (nSPS) is 11.1. The number of anilines is 1. The number of nitrogens with two attached hydrogens (primary N) is 1. The standard InChI is InChI=1S/C12H7Br2N3OS/c13-6-3-8(14)11(16-5-6)19-12-17-9-4-7(15)1-2-10(9)18-12/h1-5H,15H2. The molecule has 1 aromatic carbocycles. The molecule has 0 saturated carbocycles. The summed E-state index contributed by atoms with van der Waals surface area (Å²) in [4.78, 5) is 8.68. The van der Waals surface area contributed by atoms with Crippen LogP contribution in [-0.4, -0.2) is 9.97 Å². The maximum Gasteiger partial charge on any atom is 0.263 e. The quantitative estimate of drug-likeness (QED) is 0.642. The predicted molar refractivity (Wildman–Crippen MR) is 82.2 cm³/mol. The number of fused-ring (bicyclic) bond motifs is 1. The van der Waals surface area contributed by atoms with Gasteiger partial charge in [-0.2, -0.15) is 0 Å². The van der Waals surface area contributed by atoms with Gasteiger partial charge in [0.25, 0.3) is 5.22 Å². The molecule has 0 unspecified atom stereocenters. The molecule has 7 heteroatoms. The Balaban J connectivity index is 1.96. The van der Waals surface area contributed by atoms with Gasteiger partial charge in [0.05, 0.1) is 4.47 Å². The van der Waals surface area contributed by atoms with Gasteiger partial charge in [0.1, 0.15) is 10.5 Å². The fourth-order valence-corrected chi connectivity index (χ4v) is 3.46. The lowest BCUT2D eigenvalue weighted by atomic mass is 10.3. The van der Waals surface area contributed by atoms with Crippen LogP contribution in [0.25, 0.3) is 11.1 Å². The number of hydrogen-bond donors (Lipinski definition) is 1. The number of nitrogen functional groups attached to an aromatic ring is 1. The van der Waals surface area contributed by atoms with E-state index < -0.39 is 0 Å². The van der Waals surface area contributed by atoms with Crippen LogP contribution < -0.4 is 5.73 Å². The molecule has 3 aromatic rings. The molecular formula is C12H7Br2N3OS. The molecule has 0 aliphatic rings. The van der Waals surface area contributed by atoms with Crippen LogP contribution in [0.3, 0.4) is 0 Å². The van der Waals surface area contributed by atoms with E-state index >= 15 is 0 Å². The van der Waals surface area contributed by atoms with Crippen molar-refractivity contribution in [3.05, 3.63) is 39.4 Å². The number of rotatable bonds is 2. The Bertz CT molecular complexity index is 760. The highest BCUT2D eigenvalue weighted by Crippen LogP contribution is 2.34. The molecule has 0 radical (unpaired) electrons. The van der Waals surface area contributed by atoms with Crippen molar-refractivity contribution in [3.8, 4) is 0 Å². The molecule has 0 amide bonds. The van der Waals surface area contributed by atoms with E-state index in [1.165, 1.54) is 11.8 Å². The van der Waals surface area contributed by atoms with Gasteiger partial charge in [-0.3, -0.25) is 0 Å². The Morgan fingerprint density at radius 1 is 1.21 bits per heavy atom. The van der Waals surface area contributed by atoms with Crippen molar-refractivity contribution in [1.82, 2.24) is 9.97 Å².